The van der Waals surface area contributed by atoms with Crippen LogP contribution in [0.15, 0.2) is 52.1 Å². The van der Waals surface area contributed by atoms with Crippen molar-refractivity contribution >= 4 is 23.4 Å². The highest BCUT2D eigenvalue weighted by Gasteiger charge is 2.15. The van der Waals surface area contributed by atoms with Crippen molar-refractivity contribution in [2.75, 3.05) is 11.1 Å². The number of carbonyl (C=O) groups is 1. The molecule has 0 radical (unpaired) electrons. The second-order valence-electron chi connectivity index (χ2n) is 7.86. The number of nitrogens with zero attached hydrogens (tertiary/aromatic N) is 2. The lowest BCUT2D eigenvalue weighted by molar-refractivity contribution is -0.113. The van der Waals surface area contributed by atoms with Gasteiger partial charge in [-0.2, -0.15) is 0 Å². The zero-order chi connectivity index (χ0) is 20.3. The third-order valence-electron chi connectivity index (χ3n) is 4.39. The second-order valence-corrected chi connectivity index (χ2v) is 8.78. The summed E-state index contributed by atoms with van der Waals surface area (Å²) in [7, 11) is 0. The molecule has 1 N–H and O–H groups in total. The fraction of sp³-hybridized carbons (Fsp3) is 0.318. The molecule has 5 nitrogen and oxygen atoms in total. The van der Waals surface area contributed by atoms with E-state index in [-0.39, 0.29) is 17.1 Å². The third-order valence-corrected chi connectivity index (χ3v) is 5.21. The van der Waals surface area contributed by atoms with Gasteiger partial charge in [-0.25, -0.2) is 0 Å². The van der Waals surface area contributed by atoms with Crippen LogP contribution in [0.1, 0.15) is 37.5 Å². The average molecular weight is 396 g/mol. The Morgan fingerprint density at radius 3 is 2.43 bits per heavy atom. The van der Waals surface area contributed by atoms with E-state index in [1.165, 1.54) is 22.9 Å². The summed E-state index contributed by atoms with van der Waals surface area (Å²) in [6.07, 6.45) is 0. The lowest BCUT2D eigenvalue weighted by Crippen LogP contribution is -2.14. The summed E-state index contributed by atoms with van der Waals surface area (Å²) in [5.74, 6) is 0.557. The van der Waals surface area contributed by atoms with Crippen LogP contribution in [0.2, 0.25) is 0 Å². The van der Waals surface area contributed by atoms with Gasteiger partial charge in [-0.15, -0.1) is 10.2 Å². The van der Waals surface area contributed by atoms with Gasteiger partial charge in [-0.1, -0.05) is 62.4 Å². The first-order valence-electron chi connectivity index (χ1n) is 9.17. The van der Waals surface area contributed by atoms with Gasteiger partial charge in [0, 0.05) is 11.3 Å². The van der Waals surface area contributed by atoms with Gasteiger partial charge in [0.2, 0.25) is 11.8 Å². The summed E-state index contributed by atoms with van der Waals surface area (Å²) in [4.78, 5) is 12.2. The van der Waals surface area contributed by atoms with Crippen LogP contribution in [0, 0.1) is 13.8 Å². The average Bonchev–Trinajstić information content (AvgIpc) is 3.11. The van der Waals surface area contributed by atoms with Crippen LogP contribution in [-0.4, -0.2) is 21.9 Å². The van der Waals surface area contributed by atoms with E-state index < -0.39 is 0 Å². The van der Waals surface area contributed by atoms with E-state index in [2.05, 4.69) is 48.4 Å². The molecule has 0 saturated carbocycles. The number of benzene rings is 2. The van der Waals surface area contributed by atoms with Crippen LogP contribution in [0.3, 0.4) is 0 Å². The number of hydrogen-bond acceptors (Lipinski definition) is 5. The van der Waals surface area contributed by atoms with Gasteiger partial charge < -0.3 is 9.73 Å². The Morgan fingerprint density at radius 1 is 1.07 bits per heavy atom. The summed E-state index contributed by atoms with van der Waals surface area (Å²) in [5, 5.41) is 11.4. The van der Waals surface area contributed by atoms with Gasteiger partial charge in [0.05, 0.1) is 5.75 Å². The molecule has 28 heavy (non-hydrogen) atoms. The summed E-state index contributed by atoms with van der Waals surface area (Å²) in [6.45, 7) is 10.5. The molecule has 1 heterocycles. The highest BCUT2D eigenvalue weighted by atomic mass is 32.2. The molecule has 146 valence electrons. The maximum atomic E-state index is 12.2. The fourth-order valence-electron chi connectivity index (χ4n) is 2.76. The molecule has 0 fully saturated rings. The molecule has 6 heteroatoms. The first-order chi connectivity index (χ1) is 13.2. The minimum absolute atomic E-state index is 0.0948. The Morgan fingerprint density at radius 2 is 1.79 bits per heavy atom. The van der Waals surface area contributed by atoms with Gasteiger partial charge in [-0.3, -0.25) is 4.79 Å². The van der Waals surface area contributed by atoms with Gasteiger partial charge >= 0.3 is 0 Å². The quantitative estimate of drug-likeness (QED) is 0.587. The first-order valence-corrected chi connectivity index (χ1v) is 10.2. The van der Waals surface area contributed by atoms with E-state index in [1.807, 2.05) is 44.2 Å². The SMILES string of the molecule is Cc1ccc(NC(=O)CSc2nnc(-c3ccc(C(C)(C)C)cc3)o2)c(C)c1. The first kappa shape index (κ1) is 20.1. The highest BCUT2D eigenvalue weighted by Crippen LogP contribution is 2.27. The van der Waals surface area contributed by atoms with Gasteiger partial charge in [0.25, 0.3) is 5.22 Å². The number of amides is 1. The molecule has 0 saturated heterocycles. The lowest BCUT2D eigenvalue weighted by atomic mass is 9.87. The van der Waals surface area contributed by atoms with Crippen molar-refractivity contribution in [3.63, 3.8) is 0 Å². The molecule has 0 bridgehead atoms. The molecule has 0 spiro atoms. The van der Waals surface area contributed by atoms with E-state index in [4.69, 9.17) is 4.42 Å². The molecule has 1 aromatic heterocycles. The molecule has 0 aliphatic carbocycles. The van der Waals surface area contributed by atoms with E-state index >= 15 is 0 Å². The third kappa shape index (κ3) is 5.01. The number of aryl methyl sites for hydroxylation is 2. The van der Waals surface area contributed by atoms with Gasteiger partial charge in [0.15, 0.2) is 0 Å². The van der Waals surface area contributed by atoms with Crippen molar-refractivity contribution < 1.29 is 9.21 Å². The predicted molar refractivity (Wildman–Crippen MR) is 114 cm³/mol. The number of rotatable bonds is 5. The van der Waals surface area contributed by atoms with Crippen LogP contribution >= 0.6 is 11.8 Å². The second kappa shape index (κ2) is 8.19. The Kier molecular flexibility index (Phi) is 5.89. The van der Waals surface area contributed by atoms with Gasteiger partial charge in [-0.05, 0) is 48.6 Å². The smallest absolute Gasteiger partial charge is 0.277 e. The standard InChI is InChI=1S/C22H25N3O2S/c1-14-6-11-18(15(2)12-14)23-19(26)13-28-21-25-24-20(27-21)16-7-9-17(10-8-16)22(3,4)5/h6-12H,13H2,1-5H3,(H,23,26). The molecular weight excluding hydrogens is 370 g/mol. The van der Waals surface area contributed by atoms with Gasteiger partial charge in [0.1, 0.15) is 0 Å². The van der Waals surface area contributed by atoms with Crippen molar-refractivity contribution in [3.05, 3.63) is 59.2 Å². The number of anilines is 1. The molecule has 0 aliphatic rings. The molecule has 0 atom stereocenters. The largest absolute Gasteiger partial charge is 0.411 e. The monoisotopic (exact) mass is 395 g/mol. The Bertz CT molecular complexity index is 972. The zero-order valence-corrected chi connectivity index (χ0v) is 17.7. The number of aromatic nitrogens is 2. The minimum Gasteiger partial charge on any atom is -0.411 e. The molecular formula is C22H25N3O2S. The minimum atomic E-state index is -0.105. The van der Waals surface area contributed by atoms with Crippen LogP contribution in [-0.2, 0) is 10.2 Å². The molecule has 2 aromatic carbocycles. The Balaban J connectivity index is 1.59. The molecule has 0 aliphatic heterocycles. The molecule has 0 unspecified atom stereocenters. The highest BCUT2D eigenvalue weighted by molar-refractivity contribution is 7.99. The van der Waals surface area contributed by atoms with Crippen molar-refractivity contribution in [1.82, 2.24) is 10.2 Å². The van der Waals surface area contributed by atoms with Crippen LogP contribution in [0.4, 0.5) is 5.69 Å². The number of carbonyl (C=O) groups excluding carboxylic acids is 1. The molecule has 1 amide bonds. The summed E-state index contributed by atoms with van der Waals surface area (Å²) in [6, 6.07) is 14.0. The van der Waals surface area contributed by atoms with Crippen LogP contribution in [0.25, 0.3) is 11.5 Å². The lowest BCUT2D eigenvalue weighted by Gasteiger charge is -2.18. The maximum Gasteiger partial charge on any atom is 0.277 e. The number of nitrogens with one attached hydrogen (secondary N) is 1. The summed E-state index contributed by atoms with van der Waals surface area (Å²) >= 11 is 1.23. The van der Waals surface area contributed by atoms with Crippen molar-refractivity contribution in [3.8, 4) is 11.5 Å². The summed E-state index contributed by atoms with van der Waals surface area (Å²) < 4.78 is 5.70. The maximum absolute atomic E-state index is 12.2. The Hall–Kier alpha value is -2.60. The predicted octanol–water partition coefficient (Wildman–Crippen LogP) is 5.38. The van der Waals surface area contributed by atoms with E-state index in [9.17, 15) is 4.79 Å². The normalized spacial score (nSPS) is 11.5. The van der Waals surface area contributed by atoms with Crippen molar-refractivity contribution in [2.45, 2.75) is 45.3 Å². The van der Waals surface area contributed by atoms with Crippen LogP contribution in [0.5, 0.6) is 0 Å². The number of thioether (sulfide) groups is 1. The van der Waals surface area contributed by atoms with Crippen LogP contribution < -0.4 is 5.32 Å². The number of hydrogen-bond donors (Lipinski definition) is 1. The van der Waals surface area contributed by atoms with E-state index in [0.29, 0.717) is 11.1 Å². The molecule has 3 aromatic rings. The van der Waals surface area contributed by atoms with E-state index in [0.717, 1.165) is 16.8 Å². The van der Waals surface area contributed by atoms with Crippen molar-refractivity contribution in [1.29, 1.82) is 0 Å². The Labute approximate surface area is 170 Å². The van der Waals surface area contributed by atoms with Crippen molar-refractivity contribution in [2.24, 2.45) is 0 Å². The van der Waals surface area contributed by atoms with E-state index in [1.54, 1.807) is 0 Å². The zero-order valence-electron chi connectivity index (χ0n) is 16.9. The molecule has 3 rings (SSSR count). The topological polar surface area (TPSA) is 68.0 Å². The summed E-state index contributed by atoms with van der Waals surface area (Å²) in [5.41, 5.74) is 5.23. The fourth-order valence-corrected chi connectivity index (χ4v) is 3.33.